The van der Waals surface area contributed by atoms with Crippen LogP contribution in [0.5, 0.6) is 5.75 Å². The zero-order valence-electron chi connectivity index (χ0n) is 14.0. The molecule has 2 aromatic carbocycles. The van der Waals surface area contributed by atoms with Crippen LogP contribution >= 0.6 is 0 Å². The topological polar surface area (TPSA) is 63.5 Å². The third kappa shape index (κ3) is 3.34. The van der Waals surface area contributed by atoms with Crippen molar-refractivity contribution < 1.29 is 19.0 Å². The van der Waals surface area contributed by atoms with E-state index in [9.17, 15) is 14.3 Å². The van der Waals surface area contributed by atoms with Crippen molar-refractivity contribution in [1.29, 1.82) is 0 Å². The lowest BCUT2D eigenvalue weighted by Gasteiger charge is -2.12. The molecule has 2 N–H and O–H groups in total. The molecule has 0 aliphatic heterocycles. The number of methoxy groups -OCH3 is 1. The number of hydrogen-bond acceptors (Lipinski definition) is 3. The van der Waals surface area contributed by atoms with E-state index in [1.807, 2.05) is 42.1 Å². The number of benzene rings is 2. The average Bonchev–Trinajstić information content (AvgIpc) is 2.96. The van der Waals surface area contributed by atoms with Crippen molar-refractivity contribution in [3.05, 3.63) is 65.6 Å². The standard InChI is InChI=1S/C19H19FN2O3/c1-22-11-14(13-5-3-4-6-16(13)22)17(23)10-21-19(24)12-7-8-18(25-2)15(20)9-12/h3-9,11,17,23H,10H2,1-2H3,(H,21,24). The highest BCUT2D eigenvalue weighted by Gasteiger charge is 2.16. The fourth-order valence-corrected chi connectivity index (χ4v) is 2.85. The third-order valence-electron chi connectivity index (χ3n) is 4.16. The molecule has 5 nitrogen and oxygen atoms in total. The van der Waals surface area contributed by atoms with Gasteiger partial charge in [-0.1, -0.05) is 18.2 Å². The molecule has 0 saturated heterocycles. The third-order valence-corrected chi connectivity index (χ3v) is 4.16. The highest BCUT2D eigenvalue weighted by Crippen LogP contribution is 2.25. The SMILES string of the molecule is COc1ccc(C(=O)NCC(O)c2cn(C)c3ccccc23)cc1F. The maximum atomic E-state index is 13.7. The monoisotopic (exact) mass is 342 g/mol. The predicted octanol–water partition coefficient (Wildman–Crippen LogP) is 2.79. The molecule has 0 radical (unpaired) electrons. The maximum Gasteiger partial charge on any atom is 0.251 e. The maximum absolute atomic E-state index is 13.7. The Morgan fingerprint density at radius 2 is 2.08 bits per heavy atom. The van der Waals surface area contributed by atoms with Crippen LogP contribution in [0, 0.1) is 5.82 Å². The van der Waals surface area contributed by atoms with Gasteiger partial charge in [0.1, 0.15) is 0 Å². The molecule has 1 atom stereocenters. The molecule has 1 aromatic heterocycles. The first-order valence-corrected chi connectivity index (χ1v) is 7.85. The minimum Gasteiger partial charge on any atom is -0.494 e. The zero-order valence-corrected chi connectivity index (χ0v) is 14.0. The van der Waals surface area contributed by atoms with Crippen LogP contribution in [0.2, 0.25) is 0 Å². The number of ether oxygens (including phenoxy) is 1. The summed E-state index contributed by atoms with van der Waals surface area (Å²) in [6.07, 6.45) is 0.979. The Labute approximate surface area is 144 Å². The van der Waals surface area contributed by atoms with Crippen LogP contribution in [-0.2, 0) is 7.05 Å². The number of nitrogens with one attached hydrogen (secondary N) is 1. The van der Waals surface area contributed by atoms with E-state index in [0.29, 0.717) is 0 Å². The number of amides is 1. The molecular weight excluding hydrogens is 323 g/mol. The molecule has 3 rings (SSSR count). The van der Waals surface area contributed by atoms with Gasteiger partial charge in [0, 0.05) is 41.8 Å². The molecule has 1 unspecified atom stereocenters. The van der Waals surface area contributed by atoms with Gasteiger partial charge in [-0.05, 0) is 24.3 Å². The minimum atomic E-state index is -0.863. The summed E-state index contributed by atoms with van der Waals surface area (Å²) < 4.78 is 20.4. The molecule has 130 valence electrons. The number of carbonyl (C=O) groups excluding carboxylic acids is 1. The number of hydrogen-bond donors (Lipinski definition) is 2. The Bertz CT molecular complexity index is 920. The summed E-state index contributed by atoms with van der Waals surface area (Å²) >= 11 is 0. The van der Waals surface area contributed by atoms with E-state index in [0.717, 1.165) is 22.5 Å². The van der Waals surface area contributed by atoms with Crippen LogP contribution in [0.1, 0.15) is 22.0 Å². The molecule has 1 amide bonds. The van der Waals surface area contributed by atoms with Crippen LogP contribution in [0.15, 0.2) is 48.7 Å². The fraction of sp³-hybridized carbons (Fsp3) is 0.211. The molecule has 0 fully saturated rings. The molecule has 3 aromatic rings. The van der Waals surface area contributed by atoms with E-state index in [1.165, 1.54) is 19.2 Å². The number of aliphatic hydroxyl groups excluding tert-OH is 1. The van der Waals surface area contributed by atoms with Gasteiger partial charge in [-0.2, -0.15) is 0 Å². The van der Waals surface area contributed by atoms with Crippen molar-refractivity contribution in [3.8, 4) is 5.75 Å². The molecule has 25 heavy (non-hydrogen) atoms. The number of rotatable bonds is 5. The first-order valence-electron chi connectivity index (χ1n) is 7.85. The van der Waals surface area contributed by atoms with Crippen LogP contribution in [-0.4, -0.2) is 29.2 Å². The van der Waals surface area contributed by atoms with Crippen LogP contribution < -0.4 is 10.1 Å². The zero-order chi connectivity index (χ0) is 18.0. The summed E-state index contributed by atoms with van der Waals surface area (Å²) in [5, 5.41) is 14.0. The lowest BCUT2D eigenvalue weighted by Crippen LogP contribution is -2.28. The Balaban J connectivity index is 1.72. The van der Waals surface area contributed by atoms with Gasteiger partial charge in [-0.15, -0.1) is 0 Å². The van der Waals surface area contributed by atoms with E-state index >= 15 is 0 Å². The molecule has 0 spiro atoms. The van der Waals surface area contributed by atoms with Gasteiger partial charge < -0.3 is 19.7 Å². The molecule has 1 heterocycles. The van der Waals surface area contributed by atoms with Gasteiger partial charge in [0.2, 0.25) is 0 Å². The number of nitrogens with zero attached hydrogens (tertiary/aromatic N) is 1. The number of fused-ring (bicyclic) bond motifs is 1. The Kier molecular flexibility index (Phi) is 4.72. The number of aliphatic hydroxyl groups is 1. The summed E-state index contributed by atoms with van der Waals surface area (Å²) in [7, 11) is 3.26. The van der Waals surface area contributed by atoms with Gasteiger partial charge in [0.25, 0.3) is 5.91 Å². The van der Waals surface area contributed by atoms with Gasteiger partial charge >= 0.3 is 0 Å². The molecule has 0 saturated carbocycles. The van der Waals surface area contributed by atoms with Gasteiger partial charge in [0.15, 0.2) is 11.6 Å². The first kappa shape index (κ1) is 17.0. The van der Waals surface area contributed by atoms with Crippen molar-refractivity contribution in [2.75, 3.05) is 13.7 Å². The largest absolute Gasteiger partial charge is 0.494 e. The molecule has 0 bridgehead atoms. The van der Waals surface area contributed by atoms with Crippen molar-refractivity contribution in [1.82, 2.24) is 9.88 Å². The van der Waals surface area contributed by atoms with Crippen molar-refractivity contribution in [3.63, 3.8) is 0 Å². The number of carbonyl (C=O) groups is 1. The summed E-state index contributed by atoms with van der Waals surface area (Å²) in [4.78, 5) is 12.2. The molecule has 6 heteroatoms. The van der Waals surface area contributed by atoms with E-state index in [-0.39, 0.29) is 17.9 Å². The quantitative estimate of drug-likeness (QED) is 0.749. The van der Waals surface area contributed by atoms with E-state index in [2.05, 4.69) is 5.32 Å². The second-order valence-electron chi connectivity index (χ2n) is 5.79. The summed E-state index contributed by atoms with van der Waals surface area (Å²) in [6, 6.07) is 11.7. The van der Waals surface area contributed by atoms with Gasteiger partial charge in [-0.3, -0.25) is 4.79 Å². The second-order valence-corrected chi connectivity index (χ2v) is 5.79. The van der Waals surface area contributed by atoms with Crippen LogP contribution in [0.25, 0.3) is 10.9 Å². The highest BCUT2D eigenvalue weighted by atomic mass is 19.1. The second kappa shape index (κ2) is 6.94. The van der Waals surface area contributed by atoms with E-state index < -0.39 is 17.8 Å². The average molecular weight is 342 g/mol. The van der Waals surface area contributed by atoms with Crippen molar-refractivity contribution >= 4 is 16.8 Å². The van der Waals surface area contributed by atoms with Crippen molar-refractivity contribution in [2.45, 2.75) is 6.10 Å². The molecule has 0 aliphatic rings. The Hall–Kier alpha value is -2.86. The lowest BCUT2D eigenvalue weighted by atomic mass is 10.1. The fourth-order valence-electron chi connectivity index (χ4n) is 2.85. The number of halogens is 1. The van der Waals surface area contributed by atoms with Gasteiger partial charge in [-0.25, -0.2) is 4.39 Å². The normalized spacial score (nSPS) is 12.2. The summed E-state index contributed by atoms with van der Waals surface area (Å²) in [5.74, 6) is -0.988. The first-order chi connectivity index (χ1) is 12.0. The summed E-state index contributed by atoms with van der Waals surface area (Å²) in [6.45, 7) is 0.0283. The molecule has 0 aliphatic carbocycles. The van der Waals surface area contributed by atoms with Crippen LogP contribution in [0.4, 0.5) is 4.39 Å². The summed E-state index contributed by atoms with van der Waals surface area (Å²) in [5.41, 5.74) is 1.91. The van der Waals surface area contributed by atoms with Crippen molar-refractivity contribution in [2.24, 2.45) is 7.05 Å². The lowest BCUT2D eigenvalue weighted by molar-refractivity contribution is 0.0916. The number of para-hydroxylation sites is 1. The smallest absolute Gasteiger partial charge is 0.251 e. The number of aromatic nitrogens is 1. The highest BCUT2D eigenvalue weighted by molar-refractivity contribution is 5.94. The number of aryl methyl sites for hydroxylation is 1. The predicted molar refractivity (Wildman–Crippen MR) is 93.2 cm³/mol. The Morgan fingerprint density at radius 1 is 1.32 bits per heavy atom. The Morgan fingerprint density at radius 3 is 2.80 bits per heavy atom. The van der Waals surface area contributed by atoms with E-state index in [1.54, 1.807) is 0 Å². The van der Waals surface area contributed by atoms with E-state index in [4.69, 9.17) is 4.74 Å². The van der Waals surface area contributed by atoms with Gasteiger partial charge in [0.05, 0.1) is 13.2 Å². The molecular formula is C19H19FN2O3. The minimum absolute atomic E-state index is 0.0283. The van der Waals surface area contributed by atoms with Crippen LogP contribution in [0.3, 0.4) is 0 Å².